The highest BCUT2D eigenvalue weighted by Crippen LogP contribution is 2.31. The standard InChI is InChI=1S/C27H19NO2/c1-28-23-17-8-7-15-22(23)25(24(27(28)30)19-11-3-2-4-12-19)26(29)21-16-9-13-18-10-5-6-14-20(18)21/h2-17H,1H3. The minimum Gasteiger partial charge on any atom is -0.311 e. The largest absolute Gasteiger partial charge is 0.311 e. The molecule has 4 aromatic carbocycles. The van der Waals surface area contributed by atoms with Gasteiger partial charge in [0.1, 0.15) is 0 Å². The van der Waals surface area contributed by atoms with Gasteiger partial charge in [-0.05, 0) is 22.4 Å². The van der Waals surface area contributed by atoms with Gasteiger partial charge < -0.3 is 4.57 Å². The average Bonchev–Trinajstić information content (AvgIpc) is 2.81. The van der Waals surface area contributed by atoms with Gasteiger partial charge in [0.2, 0.25) is 0 Å². The average molecular weight is 389 g/mol. The normalized spacial score (nSPS) is 11.1. The van der Waals surface area contributed by atoms with E-state index in [1.165, 1.54) is 0 Å². The summed E-state index contributed by atoms with van der Waals surface area (Å²) in [7, 11) is 1.75. The number of aryl methyl sites for hydroxylation is 1. The molecule has 0 aliphatic carbocycles. The van der Waals surface area contributed by atoms with E-state index < -0.39 is 0 Å². The van der Waals surface area contributed by atoms with Gasteiger partial charge in [-0.1, -0.05) is 91.0 Å². The zero-order valence-corrected chi connectivity index (χ0v) is 16.5. The van der Waals surface area contributed by atoms with Gasteiger partial charge in [-0.3, -0.25) is 9.59 Å². The molecular formula is C27H19NO2. The number of carbonyl (C=O) groups is 1. The summed E-state index contributed by atoms with van der Waals surface area (Å²) in [6.07, 6.45) is 0. The van der Waals surface area contributed by atoms with Crippen LogP contribution in [-0.4, -0.2) is 10.4 Å². The van der Waals surface area contributed by atoms with Crippen LogP contribution in [0.25, 0.3) is 32.8 Å². The molecule has 1 heterocycles. The van der Waals surface area contributed by atoms with Crippen molar-refractivity contribution in [1.29, 1.82) is 0 Å². The monoisotopic (exact) mass is 389 g/mol. The molecule has 0 saturated heterocycles. The van der Waals surface area contributed by atoms with Crippen molar-refractivity contribution >= 4 is 27.5 Å². The van der Waals surface area contributed by atoms with Crippen LogP contribution in [0.5, 0.6) is 0 Å². The third-order valence-corrected chi connectivity index (χ3v) is 5.63. The number of hydrogen-bond donors (Lipinski definition) is 0. The third kappa shape index (κ3) is 2.75. The van der Waals surface area contributed by atoms with Crippen LogP contribution in [0.2, 0.25) is 0 Å². The van der Waals surface area contributed by atoms with Crippen molar-refractivity contribution in [2.75, 3.05) is 0 Å². The second kappa shape index (κ2) is 7.12. The summed E-state index contributed by atoms with van der Waals surface area (Å²) in [5, 5.41) is 2.66. The number of pyridine rings is 1. The molecule has 0 spiro atoms. The van der Waals surface area contributed by atoms with E-state index in [1.54, 1.807) is 11.6 Å². The molecule has 0 amide bonds. The molecule has 0 unspecified atom stereocenters. The minimum absolute atomic E-state index is 0.139. The Morgan fingerprint density at radius 3 is 2.13 bits per heavy atom. The molecule has 3 nitrogen and oxygen atoms in total. The van der Waals surface area contributed by atoms with Gasteiger partial charge in [0.05, 0.1) is 11.1 Å². The minimum atomic E-state index is -0.177. The van der Waals surface area contributed by atoms with E-state index in [4.69, 9.17) is 0 Å². The molecule has 5 rings (SSSR count). The molecule has 0 radical (unpaired) electrons. The Bertz CT molecular complexity index is 1470. The lowest BCUT2D eigenvalue weighted by Gasteiger charge is -2.16. The predicted molar refractivity (Wildman–Crippen MR) is 122 cm³/mol. The summed E-state index contributed by atoms with van der Waals surface area (Å²) in [5.74, 6) is -0.139. The van der Waals surface area contributed by atoms with Crippen LogP contribution in [0.1, 0.15) is 15.9 Å². The Morgan fingerprint density at radius 2 is 1.33 bits per heavy atom. The number of carbonyl (C=O) groups excluding carboxylic acids is 1. The van der Waals surface area contributed by atoms with E-state index in [0.29, 0.717) is 16.7 Å². The van der Waals surface area contributed by atoms with Crippen molar-refractivity contribution in [1.82, 2.24) is 4.57 Å². The number of fused-ring (bicyclic) bond motifs is 2. The van der Waals surface area contributed by atoms with Gasteiger partial charge in [-0.25, -0.2) is 0 Å². The Kier molecular flexibility index (Phi) is 4.29. The first-order chi connectivity index (χ1) is 14.7. The summed E-state index contributed by atoms with van der Waals surface area (Å²) in [5.41, 5.74) is 2.80. The fourth-order valence-electron chi connectivity index (χ4n) is 4.16. The summed E-state index contributed by atoms with van der Waals surface area (Å²) < 4.78 is 1.62. The summed E-state index contributed by atoms with van der Waals surface area (Å²) in [6.45, 7) is 0. The number of benzene rings is 4. The molecule has 1 aromatic heterocycles. The van der Waals surface area contributed by atoms with Gasteiger partial charge in [-0.15, -0.1) is 0 Å². The fourth-order valence-corrected chi connectivity index (χ4v) is 4.16. The highest BCUT2D eigenvalue weighted by Gasteiger charge is 2.24. The number of aromatic nitrogens is 1. The van der Waals surface area contributed by atoms with E-state index in [9.17, 15) is 9.59 Å². The van der Waals surface area contributed by atoms with Crippen LogP contribution in [0.4, 0.5) is 0 Å². The van der Waals surface area contributed by atoms with Crippen LogP contribution >= 0.6 is 0 Å². The van der Waals surface area contributed by atoms with E-state index in [1.807, 2.05) is 97.1 Å². The second-order valence-electron chi connectivity index (χ2n) is 7.35. The fraction of sp³-hybridized carbons (Fsp3) is 0.0370. The van der Waals surface area contributed by atoms with Gasteiger partial charge in [0, 0.05) is 23.6 Å². The molecule has 5 aromatic rings. The van der Waals surface area contributed by atoms with Crippen molar-refractivity contribution in [2.45, 2.75) is 0 Å². The molecule has 0 saturated carbocycles. The number of ketones is 1. The highest BCUT2D eigenvalue weighted by atomic mass is 16.1. The van der Waals surface area contributed by atoms with Gasteiger partial charge in [-0.2, -0.15) is 0 Å². The van der Waals surface area contributed by atoms with Crippen LogP contribution in [0.15, 0.2) is 102 Å². The highest BCUT2D eigenvalue weighted by molar-refractivity contribution is 6.24. The Balaban J connectivity index is 1.92. The van der Waals surface area contributed by atoms with E-state index in [0.717, 1.165) is 27.2 Å². The van der Waals surface area contributed by atoms with Crippen LogP contribution in [-0.2, 0) is 7.05 Å². The lowest BCUT2D eigenvalue weighted by atomic mass is 9.89. The van der Waals surface area contributed by atoms with Gasteiger partial charge in [0.15, 0.2) is 5.78 Å². The quantitative estimate of drug-likeness (QED) is 0.377. The molecule has 0 bridgehead atoms. The Morgan fingerprint density at radius 1 is 0.700 bits per heavy atom. The van der Waals surface area contributed by atoms with Crippen molar-refractivity contribution in [3.05, 3.63) is 119 Å². The van der Waals surface area contributed by atoms with Crippen LogP contribution < -0.4 is 5.56 Å². The summed E-state index contributed by atoms with van der Waals surface area (Å²) in [6, 6.07) is 30.6. The van der Waals surface area contributed by atoms with Gasteiger partial charge >= 0.3 is 0 Å². The molecule has 3 heteroatoms. The molecule has 144 valence electrons. The molecule has 30 heavy (non-hydrogen) atoms. The second-order valence-corrected chi connectivity index (χ2v) is 7.35. The van der Waals surface area contributed by atoms with Crippen molar-refractivity contribution in [3.63, 3.8) is 0 Å². The van der Waals surface area contributed by atoms with E-state index in [2.05, 4.69) is 0 Å². The maximum absolute atomic E-state index is 14.0. The molecule has 0 fully saturated rings. The first kappa shape index (κ1) is 18.1. The Labute approximate surface area is 173 Å². The number of nitrogens with zero attached hydrogens (tertiary/aromatic N) is 1. The van der Waals surface area contributed by atoms with E-state index >= 15 is 0 Å². The lowest BCUT2D eigenvalue weighted by Crippen LogP contribution is -2.23. The number of rotatable bonds is 3. The smallest absolute Gasteiger partial charge is 0.259 e. The predicted octanol–water partition coefficient (Wildman–Crippen LogP) is 5.59. The van der Waals surface area contributed by atoms with E-state index in [-0.39, 0.29) is 11.3 Å². The molecule has 0 atom stereocenters. The molecule has 0 aliphatic rings. The SMILES string of the molecule is Cn1c(=O)c(-c2ccccc2)c(C(=O)c2cccc3ccccc23)c2ccccc21. The van der Waals surface area contributed by atoms with Gasteiger partial charge in [0.25, 0.3) is 5.56 Å². The Hall–Kier alpha value is -3.98. The first-order valence-corrected chi connectivity index (χ1v) is 9.86. The third-order valence-electron chi connectivity index (χ3n) is 5.63. The zero-order valence-electron chi connectivity index (χ0n) is 16.5. The topological polar surface area (TPSA) is 39.1 Å². The number of para-hydroxylation sites is 1. The molecule has 0 N–H and O–H groups in total. The van der Waals surface area contributed by atoms with Crippen molar-refractivity contribution in [2.24, 2.45) is 7.05 Å². The summed E-state index contributed by atoms with van der Waals surface area (Å²) in [4.78, 5) is 27.4. The van der Waals surface area contributed by atoms with Crippen molar-refractivity contribution < 1.29 is 4.79 Å². The number of hydrogen-bond acceptors (Lipinski definition) is 2. The van der Waals surface area contributed by atoms with Crippen LogP contribution in [0, 0.1) is 0 Å². The van der Waals surface area contributed by atoms with Crippen molar-refractivity contribution in [3.8, 4) is 11.1 Å². The van der Waals surface area contributed by atoms with Crippen LogP contribution in [0.3, 0.4) is 0 Å². The lowest BCUT2D eigenvalue weighted by molar-refractivity contribution is 0.104. The molecular weight excluding hydrogens is 370 g/mol. The zero-order chi connectivity index (χ0) is 20.7. The maximum atomic E-state index is 14.0. The maximum Gasteiger partial charge on any atom is 0.259 e. The molecule has 0 aliphatic heterocycles. The first-order valence-electron chi connectivity index (χ1n) is 9.86. The summed E-state index contributed by atoms with van der Waals surface area (Å²) >= 11 is 0.